The number of rotatable bonds is 6. The number of nitrogens with one attached hydrogen (secondary N) is 1. The predicted octanol–water partition coefficient (Wildman–Crippen LogP) is 4.10. The lowest BCUT2D eigenvalue weighted by Gasteiger charge is -2.36. The van der Waals surface area contributed by atoms with Gasteiger partial charge in [-0.05, 0) is 24.3 Å². The fourth-order valence-electron chi connectivity index (χ4n) is 3.06. The van der Waals surface area contributed by atoms with Crippen molar-refractivity contribution in [1.29, 1.82) is 0 Å². The lowest BCUT2D eigenvalue weighted by atomic mass is 10.2. The predicted molar refractivity (Wildman–Crippen MR) is 113 cm³/mol. The highest BCUT2D eigenvalue weighted by molar-refractivity contribution is 6.43. The Hall–Kier alpha value is -2.01. The number of hydrogen-bond acceptors (Lipinski definition) is 3. The molecule has 0 aliphatic carbocycles. The van der Waals surface area contributed by atoms with Crippen LogP contribution in [0.4, 0.5) is 5.69 Å². The molecule has 27 heavy (non-hydrogen) atoms. The molecule has 0 spiro atoms. The first-order valence-corrected chi connectivity index (χ1v) is 9.80. The topological polar surface area (TPSA) is 35.6 Å². The monoisotopic (exact) mass is 403 g/mol. The zero-order valence-corrected chi connectivity index (χ0v) is 16.6. The Kier molecular flexibility index (Phi) is 7.16. The molecule has 1 heterocycles. The van der Waals surface area contributed by atoms with Crippen molar-refractivity contribution in [2.24, 2.45) is 0 Å². The van der Waals surface area contributed by atoms with E-state index in [-0.39, 0.29) is 5.91 Å². The third-order valence-corrected chi connectivity index (χ3v) is 5.40. The van der Waals surface area contributed by atoms with Crippen LogP contribution in [0.1, 0.15) is 10.4 Å². The van der Waals surface area contributed by atoms with E-state index in [1.54, 1.807) is 0 Å². The number of carbonyl (C=O) groups excluding carboxylic acids is 1. The molecule has 1 amide bonds. The Morgan fingerprint density at radius 1 is 0.963 bits per heavy atom. The first kappa shape index (κ1) is 19.7. The summed E-state index contributed by atoms with van der Waals surface area (Å²) in [7, 11) is 0. The van der Waals surface area contributed by atoms with Gasteiger partial charge in [-0.25, -0.2) is 0 Å². The van der Waals surface area contributed by atoms with Crippen LogP contribution in [0.3, 0.4) is 0 Å². The van der Waals surface area contributed by atoms with Crippen molar-refractivity contribution in [2.45, 2.75) is 0 Å². The van der Waals surface area contributed by atoms with Gasteiger partial charge < -0.3 is 10.2 Å². The average Bonchev–Trinajstić information content (AvgIpc) is 2.71. The number of nitrogens with zero attached hydrogens (tertiary/aromatic N) is 2. The van der Waals surface area contributed by atoms with Crippen molar-refractivity contribution in [3.05, 3.63) is 76.3 Å². The molecule has 0 bridgehead atoms. The lowest BCUT2D eigenvalue weighted by molar-refractivity contribution is 0.0958. The van der Waals surface area contributed by atoms with Gasteiger partial charge in [0.1, 0.15) is 0 Å². The minimum Gasteiger partial charge on any atom is -0.368 e. The summed E-state index contributed by atoms with van der Waals surface area (Å²) in [5.41, 5.74) is 1.68. The van der Waals surface area contributed by atoms with Crippen LogP contribution in [0, 0.1) is 0 Å². The van der Waals surface area contributed by atoms with Gasteiger partial charge in [-0.2, -0.15) is 0 Å². The summed E-state index contributed by atoms with van der Waals surface area (Å²) in [6.07, 6.45) is 4.11. The normalized spacial score (nSPS) is 15.3. The summed E-state index contributed by atoms with van der Waals surface area (Å²) in [6.45, 7) is 5.16. The summed E-state index contributed by atoms with van der Waals surface area (Å²) in [6, 6.07) is 15.0. The fourth-order valence-corrected chi connectivity index (χ4v) is 3.47. The largest absolute Gasteiger partial charge is 0.368 e. The van der Waals surface area contributed by atoms with Gasteiger partial charge in [-0.1, -0.05) is 59.6 Å². The molecule has 0 unspecified atom stereocenters. The third-order valence-electron chi connectivity index (χ3n) is 4.59. The van der Waals surface area contributed by atoms with Crippen molar-refractivity contribution in [1.82, 2.24) is 10.2 Å². The molecule has 4 nitrogen and oxygen atoms in total. The molecule has 1 N–H and O–H groups in total. The van der Waals surface area contributed by atoms with Gasteiger partial charge in [0.05, 0.1) is 15.7 Å². The van der Waals surface area contributed by atoms with E-state index in [0.717, 1.165) is 38.4 Å². The Morgan fingerprint density at radius 3 is 2.44 bits per heavy atom. The number of halogens is 2. The van der Waals surface area contributed by atoms with Gasteiger partial charge in [-0.15, -0.1) is 0 Å². The van der Waals surface area contributed by atoms with Crippen LogP contribution in [0.25, 0.3) is 0 Å². The van der Waals surface area contributed by atoms with Crippen LogP contribution in [0.2, 0.25) is 10.0 Å². The van der Waals surface area contributed by atoms with E-state index in [0.29, 0.717) is 22.2 Å². The van der Waals surface area contributed by atoms with Crippen LogP contribution in [-0.2, 0) is 0 Å². The summed E-state index contributed by atoms with van der Waals surface area (Å²) >= 11 is 12.4. The van der Waals surface area contributed by atoms with Crippen molar-refractivity contribution < 1.29 is 4.79 Å². The number of hydrogen-bond donors (Lipinski definition) is 1. The molecule has 0 aromatic heterocycles. The molecular weight excluding hydrogens is 381 g/mol. The van der Waals surface area contributed by atoms with E-state index in [1.165, 1.54) is 0 Å². The van der Waals surface area contributed by atoms with E-state index in [4.69, 9.17) is 23.2 Å². The van der Waals surface area contributed by atoms with Crippen LogP contribution in [0.15, 0.2) is 60.7 Å². The highest BCUT2D eigenvalue weighted by atomic mass is 35.5. The Morgan fingerprint density at radius 2 is 1.70 bits per heavy atom. The number of piperazine rings is 1. The van der Waals surface area contributed by atoms with Crippen molar-refractivity contribution >= 4 is 34.8 Å². The molecule has 0 atom stereocenters. The van der Waals surface area contributed by atoms with Crippen LogP contribution in [0.5, 0.6) is 0 Å². The molecule has 0 saturated carbocycles. The van der Waals surface area contributed by atoms with E-state index < -0.39 is 0 Å². The van der Waals surface area contributed by atoms with Gasteiger partial charge in [0.2, 0.25) is 0 Å². The van der Waals surface area contributed by atoms with Gasteiger partial charge in [0.15, 0.2) is 0 Å². The van der Waals surface area contributed by atoms with Gasteiger partial charge >= 0.3 is 0 Å². The maximum absolute atomic E-state index is 12.0. The van der Waals surface area contributed by atoms with E-state index in [9.17, 15) is 4.79 Å². The minimum atomic E-state index is -0.0488. The average molecular weight is 404 g/mol. The smallest absolute Gasteiger partial charge is 0.251 e. The molecule has 3 rings (SSSR count). The molecule has 0 radical (unpaired) electrons. The maximum Gasteiger partial charge on any atom is 0.251 e. The Labute approximate surface area is 170 Å². The SMILES string of the molecule is O=C(NC/C=C\CN1CCN(c2cccc(Cl)c2Cl)CC1)c1ccccc1. The third kappa shape index (κ3) is 5.48. The number of amides is 1. The number of benzene rings is 2. The van der Waals surface area contributed by atoms with Gasteiger partial charge in [-0.3, -0.25) is 9.69 Å². The van der Waals surface area contributed by atoms with E-state index >= 15 is 0 Å². The zero-order valence-electron chi connectivity index (χ0n) is 15.1. The zero-order chi connectivity index (χ0) is 19.1. The molecule has 1 aliphatic heterocycles. The summed E-state index contributed by atoms with van der Waals surface area (Å²) < 4.78 is 0. The van der Waals surface area contributed by atoms with Crippen molar-refractivity contribution in [3.63, 3.8) is 0 Å². The Balaban J connectivity index is 1.39. The van der Waals surface area contributed by atoms with Crippen molar-refractivity contribution in [2.75, 3.05) is 44.2 Å². The molecular formula is C21H23Cl2N3O. The number of carbonyl (C=O) groups is 1. The van der Waals surface area contributed by atoms with Gasteiger partial charge in [0, 0.05) is 44.8 Å². The van der Waals surface area contributed by atoms with Crippen LogP contribution < -0.4 is 10.2 Å². The Bertz CT molecular complexity index is 787. The first-order chi connectivity index (χ1) is 13.1. The minimum absolute atomic E-state index is 0.0488. The fraction of sp³-hybridized carbons (Fsp3) is 0.286. The molecule has 1 fully saturated rings. The van der Waals surface area contributed by atoms with E-state index in [1.807, 2.05) is 54.6 Å². The second kappa shape index (κ2) is 9.79. The second-order valence-electron chi connectivity index (χ2n) is 6.41. The number of anilines is 1. The molecule has 1 aliphatic rings. The molecule has 6 heteroatoms. The van der Waals surface area contributed by atoms with Crippen molar-refractivity contribution in [3.8, 4) is 0 Å². The molecule has 2 aromatic rings. The maximum atomic E-state index is 12.0. The summed E-state index contributed by atoms with van der Waals surface area (Å²) in [5, 5.41) is 4.12. The quantitative estimate of drug-likeness (QED) is 0.737. The first-order valence-electron chi connectivity index (χ1n) is 9.04. The molecule has 1 saturated heterocycles. The standard InChI is InChI=1S/C21H23Cl2N3O/c22-18-9-6-10-19(20(18)23)26-15-13-25(14-16-26)12-5-4-11-24-21(27)17-7-2-1-3-8-17/h1-10H,11-16H2,(H,24,27)/b5-4-. The highest BCUT2D eigenvalue weighted by Crippen LogP contribution is 2.32. The molecule has 2 aromatic carbocycles. The van der Waals surface area contributed by atoms with Crippen LogP contribution in [-0.4, -0.2) is 50.1 Å². The summed E-state index contributed by atoms with van der Waals surface area (Å²) in [4.78, 5) is 16.6. The van der Waals surface area contributed by atoms with Gasteiger partial charge in [0.25, 0.3) is 5.91 Å². The van der Waals surface area contributed by atoms with E-state index in [2.05, 4.69) is 21.2 Å². The van der Waals surface area contributed by atoms with Crippen LogP contribution >= 0.6 is 23.2 Å². The summed E-state index contributed by atoms with van der Waals surface area (Å²) in [5.74, 6) is -0.0488. The highest BCUT2D eigenvalue weighted by Gasteiger charge is 2.18. The molecule has 142 valence electrons. The lowest BCUT2D eigenvalue weighted by Crippen LogP contribution is -2.46. The second-order valence-corrected chi connectivity index (χ2v) is 7.19.